The number of halogens is 3. The average Bonchev–Trinajstić information content (AvgIpc) is 2.86. The Morgan fingerprint density at radius 3 is 2.47 bits per heavy atom. The third-order valence-electron chi connectivity index (χ3n) is 5.07. The summed E-state index contributed by atoms with van der Waals surface area (Å²) in [6.45, 7) is -0.0643. The second-order valence-corrected chi connectivity index (χ2v) is 7.69. The number of aromatic nitrogens is 1. The monoisotopic (exact) mass is 491 g/mol. The number of carbonyl (C=O) groups is 1. The molecule has 3 rings (SSSR count). The van der Waals surface area contributed by atoms with Crippen molar-refractivity contribution in [3.05, 3.63) is 70.6 Å². The van der Waals surface area contributed by atoms with Gasteiger partial charge in [0, 0.05) is 17.5 Å². The van der Waals surface area contributed by atoms with Gasteiger partial charge in [0.05, 0.1) is 31.5 Å². The molecular weight excluding hydrogens is 468 g/mol. The number of pyridine rings is 1. The minimum atomic E-state index is -1.52. The second kappa shape index (κ2) is 11.8. The summed E-state index contributed by atoms with van der Waals surface area (Å²) in [5, 5.41) is 8.81. The molecule has 0 saturated heterocycles. The minimum absolute atomic E-state index is 0.0629. The normalized spacial score (nSPS) is 11.7. The quantitative estimate of drug-likeness (QED) is 0.352. The Labute approximate surface area is 201 Å². The molecule has 180 valence electrons. The number of hydrogen-bond donors (Lipinski definition) is 1. The Balaban J connectivity index is 1.74. The molecule has 0 radical (unpaired) electrons. The van der Waals surface area contributed by atoms with Crippen molar-refractivity contribution in [2.24, 2.45) is 0 Å². The van der Waals surface area contributed by atoms with E-state index in [1.54, 1.807) is 18.2 Å². The maximum Gasteiger partial charge on any atom is 0.163 e. The molecule has 0 aliphatic heterocycles. The van der Waals surface area contributed by atoms with Crippen LogP contribution in [-0.2, 0) is 0 Å². The van der Waals surface area contributed by atoms with Gasteiger partial charge in [-0.2, -0.15) is 0 Å². The standard InChI is InChI=1S/C25H24ClF2NO5/c1-32-23-10-7-20(29-25(23)16-3-5-18(27)17(26)13-16)19(28)6-8-21(31)15-4-9-22(34-12-11-30)24(14-15)33-2/h3-5,7,9-10,13-14,19,30H,6,8,11-12H2,1-2H3. The number of methoxy groups -OCH3 is 2. The van der Waals surface area contributed by atoms with Crippen molar-refractivity contribution in [2.45, 2.75) is 19.0 Å². The highest BCUT2D eigenvalue weighted by atomic mass is 35.5. The number of aliphatic hydroxyl groups is 1. The number of alkyl halides is 1. The van der Waals surface area contributed by atoms with Gasteiger partial charge in [-0.25, -0.2) is 13.8 Å². The number of rotatable bonds is 11. The zero-order valence-electron chi connectivity index (χ0n) is 18.7. The summed E-state index contributed by atoms with van der Waals surface area (Å²) in [6, 6.07) is 11.8. The highest BCUT2D eigenvalue weighted by Crippen LogP contribution is 2.34. The fraction of sp³-hybridized carbons (Fsp3) is 0.280. The predicted octanol–water partition coefficient (Wildman–Crippen LogP) is 5.60. The number of benzene rings is 2. The molecule has 0 aliphatic rings. The summed E-state index contributed by atoms with van der Waals surface area (Å²) in [5.74, 6) is 0.272. The smallest absolute Gasteiger partial charge is 0.163 e. The molecule has 0 spiro atoms. The summed E-state index contributed by atoms with van der Waals surface area (Å²) in [7, 11) is 2.89. The van der Waals surface area contributed by atoms with Gasteiger partial charge in [-0.1, -0.05) is 11.6 Å². The number of ketones is 1. The summed E-state index contributed by atoms with van der Waals surface area (Å²) in [6.07, 6.45) is -1.67. The zero-order chi connectivity index (χ0) is 24.7. The Morgan fingerprint density at radius 2 is 1.79 bits per heavy atom. The van der Waals surface area contributed by atoms with Crippen LogP contribution in [0, 0.1) is 5.82 Å². The molecule has 1 heterocycles. The highest BCUT2D eigenvalue weighted by Gasteiger charge is 2.19. The van der Waals surface area contributed by atoms with E-state index in [0.29, 0.717) is 34.1 Å². The lowest BCUT2D eigenvalue weighted by Crippen LogP contribution is -2.06. The van der Waals surface area contributed by atoms with Gasteiger partial charge in [0.25, 0.3) is 0 Å². The second-order valence-electron chi connectivity index (χ2n) is 7.28. The molecule has 2 aromatic carbocycles. The van der Waals surface area contributed by atoms with Crippen molar-refractivity contribution in [2.75, 3.05) is 27.4 Å². The molecule has 1 N–H and O–H groups in total. The zero-order valence-corrected chi connectivity index (χ0v) is 19.4. The van der Waals surface area contributed by atoms with Gasteiger partial charge in [-0.15, -0.1) is 0 Å². The summed E-state index contributed by atoms with van der Waals surface area (Å²) >= 11 is 5.88. The number of nitrogens with zero attached hydrogens (tertiary/aromatic N) is 1. The van der Waals surface area contributed by atoms with E-state index in [1.165, 1.54) is 44.6 Å². The molecule has 9 heteroatoms. The lowest BCUT2D eigenvalue weighted by Gasteiger charge is -2.13. The number of ether oxygens (including phenoxy) is 3. The van der Waals surface area contributed by atoms with E-state index in [4.69, 9.17) is 30.9 Å². The van der Waals surface area contributed by atoms with Crippen LogP contribution < -0.4 is 14.2 Å². The van der Waals surface area contributed by atoms with Crippen LogP contribution in [0.5, 0.6) is 17.2 Å². The maximum atomic E-state index is 15.0. The molecule has 0 saturated carbocycles. The van der Waals surface area contributed by atoms with Crippen molar-refractivity contribution in [1.82, 2.24) is 4.98 Å². The van der Waals surface area contributed by atoms with Gasteiger partial charge in [0.1, 0.15) is 30.0 Å². The van der Waals surface area contributed by atoms with E-state index in [-0.39, 0.29) is 42.6 Å². The molecule has 0 fully saturated rings. The molecular formula is C25H24ClF2NO5. The van der Waals surface area contributed by atoms with Crippen LogP contribution in [-0.4, -0.2) is 43.3 Å². The van der Waals surface area contributed by atoms with Crippen molar-refractivity contribution in [3.8, 4) is 28.5 Å². The molecule has 1 atom stereocenters. The fourth-order valence-electron chi connectivity index (χ4n) is 3.32. The van der Waals surface area contributed by atoms with Crippen molar-refractivity contribution < 1.29 is 32.9 Å². The largest absolute Gasteiger partial charge is 0.494 e. The lowest BCUT2D eigenvalue weighted by molar-refractivity contribution is 0.0967. The summed E-state index contributed by atoms with van der Waals surface area (Å²) < 4.78 is 44.5. The molecule has 34 heavy (non-hydrogen) atoms. The third kappa shape index (κ3) is 6.01. The molecule has 0 aliphatic carbocycles. The van der Waals surface area contributed by atoms with Gasteiger partial charge < -0.3 is 19.3 Å². The van der Waals surface area contributed by atoms with Gasteiger partial charge in [-0.3, -0.25) is 4.79 Å². The van der Waals surface area contributed by atoms with Gasteiger partial charge in [0.15, 0.2) is 17.3 Å². The Hall–Kier alpha value is -3.23. The molecule has 6 nitrogen and oxygen atoms in total. The SMILES string of the molecule is COc1cc(C(=O)CCC(F)c2ccc(OC)c(-c3ccc(F)c(Cl)c3)n2)ccc1OCCO. The van der Waals surface area contributed by atoms with Crippen molar-refractivity contribution >= 4 is 17.4 Å². The Kier molecular flexibility index (Phi) is 8.79. The van der Waals surface area contributed by atoms with Crippen molar-refractivity contribution in [1.29, 1.82) is 0 Å². The molecule has 0 bridgehead atoms. The topological polar surface area (TPSA) is 77.9 Å². The number of carbonyl (C=O) groups excluding carboxylic acids is 1. The fourth-order valence-corrected chi connectivity index (χ4v) is 3.50. The molecule has 1 unspecified atom stereocenters. The van der Waals surface area contributed by atoms with E-state index >= 15 is 4.39 Å². The Morgan fingerprint density at radius 1 is 1.06 bits per heavy atom. The highest BCUT2D eigenvalue weighted by molar-refractivity contribution is 6.31. The van der Waals surface area contributed by atoms with E-state index in [9.17, 15) is 9.18 Å². The van der Waals surface area contributed by atoms with Crippen LogP contribution in [0.4, 0.5) is 8.78 Å². The Bertz CT molecular complexity index is 1160. The average molecular weight is 492 g/mol. The van der Waals surface area contributed by atoms with Crippen molar-refractivity contribution in [3.63, 3.8) is 0 Å². The van der Waals surface area contributed by atoms with Gasteiger partial charge >= 0.3 is 0 Å². The van der Waals surface area contributed by atoms with Crippen LogP contribution in [0.15, 0.2) is 48.5 Å². The van der Waals surface area contributed by atoms with Crippen LogP contribution in [0.3, 0.4) is 0 Å². The maximum absolute atomic E-state index is 15.0. The van der Waals surface area contributed by atoms with E-state index in [1.807, 2.05) is 0 Å². The van der Waals surface area contributed by atoms with E-state index in [2.05, 4.69) is 4.98 Å². The lowest BCUT2D eigenvalue weighted by atomic mass is 10.0. The molecule has 0 amide bonds. The van der Waals surface area contributed by atoms with Crippen LogP contribution in [0.25, 0.3) is 11.3 Å². The first kappa shape index (κ1) is 25.4. The van der Waals surface area contributed by atoms with Crippen LogP contribution in [0.1, 0.15) is 35.1 Å². The van der Waals surface area contributed by atoms with Gasteiger partial charge in [0.2, 0.25) is 0 Å². The first-order valence-electron chi connectivity index (χ1n) is 10.5. The first-order chi connectivity index (χ1) is 16.4. The van der Waals surface area contributed by atoms with Crippen LogP contribution in [0.2, 0.25) is 5.02 Å². The number of Topliss-reactive ketones (excluding diaryl/α,β-unsaturated/α-hetero) is 1. The predicted molar refractivity (Wildman–Crippen MR) is 124 cm³/mol. The number of aliphatic hydroxyl groups excluding tert-OH is 1. The van der Waals surface area contributed by atoms with Gasteiger partial charge in [-0.05, 0) is 55.0 Å². The molecule has 3 aromatic rings. The van der Waals surface area contributed by atoms with E-state index < -0.39 is 12.0 Å². The summed E-state index contributed by atoms with van der Waals surface area (Å²) in [4.78, 5) is 17.0. The molecule has 1 aromatic heterocycles. The first-order valence-corrected chi connectivity index (χ1v) is 10.8. The summed E-state index contributed by atoms with van der Waals surface area (Å²) in [5.41, 5.74) is 1.27. The third-order valence-corrected chi connectivity index (χ3v) is 5.36. The number of hydrogen-bond acceptors (Lipinski definition) is 6. The van der Waals surface area contributed by atoms with E-state index in [0.717, 1.165) is 0 Å². The minimum Gasteiger partial charge on any atom is -0.494 e. The van der Waals surface area contributed by atoms with Crippen LogP contribution >= 0.6 is 11.6 Å².